The summed E-state index contributed by atoms with van der Waals surface area (Å²) in [4.78, 5) is 13.9. The third kappa shape index (κ3) is 6.82. The monoisotopic (exact) mass is 627 g/mol. The molecule has 0 bridgehead atoms. The number of aliphatic carboxylic acids is 1. The van der Waals surface area contributed by atoms with Crippen LogP contribution in [0, 0.1) is 0 Å². The summed E-state index contributed by atoms with van der Waals surface area (Å²) in [5.74, 6) is 1.92. The molecule has 0 aliphatic carbocycles. The fraction of sp³-hybridized carbons (Fsp3) is 0.324. The minimum absolute atomic E-state index is 0.0982. The smallest absolute Gasteiger partial charge is 0.304 e. The summed E-state index contributed by atoms with van der Waals surface area (Å²) in [6.07, 6.45) is 0.186. The Labute approximate surface area is 269 Å². The van der Waals surface area contributed by atoms with Gasteiger partial charge in [-0.2, -0.15) is 0 Å². The molecular weight excluding hydrogens is 586 g/mol. The molecule has 4 aromatic carbocycles. The first-order valence-electron chi connectivity index (χ1n) is 15.1. The third-order valence-electron chi connectivity index (χ3n) is 8.78. The van der Waals surface area contributed by atoms with E-state index in [4.69, 9.17) is 23.7 Å². The molecule has 1 heterocycles. The van der Waals surface area contributed by atoms with Crippen LogP contribution < -0.4 is 18.9 Å². The average Bonchev–Trinajstić information content (AvgIpc) is 3.41. The molecule has 2 atom stereocenters. The van der Waals surface area contributed by atoms with E-state index in [1.165, 1.54) is 0 Å². The number of rotatable bonds is 14. The van der Waals surface area contributed by atoms with E-state index in [1.54, 1.807) is 40.6 Å². The Morgan fingerprint density at radius 2 is 1.11 bits per heavy atom. The van der Waals surface area contributed by atoms with Crippen molar-refractivity contribution >= 4 is 5.97 Å². The number of β-amino-alcohol motifs (C(OH)–C–C–N with tert-alkyl or cyclic N) is 1. The minimum atomic E-state index is -1.22. The first-order chi connectivity index (χ1) is 22.2. The number of likely N-dealkylation sites (tertiary alicyclic amines) is 1. The largest absolute Gasteiger partial charge is 0.497 e. The molecule has 9 nitrogen and oxygen atoms in total. The maximum absolute atomic E-state index is 11.9. The lowest BCUT2D eigenvalue weighted by Gasteiger charge is -2.37. The minimum Gasteiger partial charge on any atom is -0.497 e. The Hall–Kier alpha value is -4.57. The van der Waals surface area contributed by atoms with Gasteiger partial charge in [0.2, 0.25) is 0 Å². The highest BCUT2D eigenvalue weighted by atomic mass is 16.5. The van der Waals surface area contributed by atoms with E-state index in [0.717, 1.165) is 22.3 Å². The summed E-state index contributed by atoms with van der Waals surface area (Å²) in [5, 5.41) is 21.5. The van der Waals surface area contributed by atoms with Crippen molar-refractivity contribution in [3.63, 3.8) is 0 Å². The number of benzene rings is 4. The average molecular weight is 628 g/mol. The van der Waals surface area contributed by atoms with Gasteiger partial charge in [-0.05, 0) is 77.2 Å². The number of hydrogen-bond donors (Lipinski definition) is 2. The van der Waals surface area contributed by atoms with Crippen LogP contribution in [0.1, 0.15) is 35.1 Å². The molecule has 46 heavy (non-hydrogen) atoms. The van der Waals surface area contributed by atoms with Gasteiger partial charge >= 0.3 is 5.97 Å². The molecule has 0 unspecified atom stereocenters. The molecule has 242 valence electrons. The quantitative estimate of drug-likeness (QED) is 0.176. The van der Waals surface area contributed by atoms with Crippen molar-refractivity contribution in [2.24, 2.45) is 0 Å². The first-order valence-corrected chi connectivity index (χ1v) is 15.1. The summed E-state index contributed by atoms with van der Waals surface area (Å²) in [6, 6.07) is 30.2. The zero-order valence-electron chi connectivity index (χ0n) is 26.6. The van der Waals surface area contributed by atoms with Crippen molar-refractivity contribution in [1.82, 2.24) is 4.90 Å². The molecule has 9 heteroatoms. The van der Waals surface area contributed by atoms with Crippen molar-refractivity contribution in [3.8, 4) is 23.0 Å². The summed E-state index contributed by atoms with van der Waals surface area (Å²) in [7, 11) is 6.47. The van der Waals surface area contributed by atoms with Crippen molar-refractivity contribution in [2.45, 2.75) is 30.1 Å². The Morgan fingerprint density at radius 1 is 0.717 bits per heavy atom. The summed E-state index contributed by atoms with van der Waals surface area (Å²) in [5.41, 5.74) is 1.08. The summed E-state index contributed by atoms with van der Waals surface area (Å²) < 4.78 is 28.7. The molecule has 1 fully saturated rings. The van der Waals surface area contributed by atoms with Crippen LogP contribution in [0.5, 0.6) is 23.0 Å². The van der Waals surface area contributed by atoms with Gasteiger partial charge in [-0.1, -0.05) is 48.5 Å². The third-order valence-corrected chi connectivity index (χ3v) is 8.78. The lowest BCUT2D eigenvalue weighted by molar-refractivity contribution is -0.138. The zero-order valence-corrected chi connectivity index (χ0v) is 26.6. The molecule has 1 aliphatic heterocycles. The van der Waals surface area contributed by atoms with Gasteiger partial charge in [0.15, 0.2) is 0 Å². The van der Waals surface area contributed by atoms with E-state index < -0.39 is 17.2 Å². The van der Waals surface area contributed by atoms with E-state index in [1.807, 2.05) is 89.8 Å². The zero-order chi connectivity index (χ0) is 32.7. The predicted molar refractivity (Wildman–Crippen MR) is 174 cm³/mol. The van der Waals surface area contributed by atoms with E-state index in [2.05, 4.69) is 0 Å². The molecule has 4 aromatic rings. The van der Waals surface area contributed by atoms with E-state index in [-0.39, 0.29) is 32.0 Å². The topological polar surface area (TPSA) is 107 Å². The van der Waals surface area contributed by atoms with E-state index in [9.17, 15) is 15.0 Å². The van der Waals surface area contributed by atoms with Crippen molar-refractivity contribution in [2.75, 3.05) is 48.1 Å². The second-order valence-corrected chi connectivity index (χ2v) is 11.4. The van der Waals surface area contributed by atoms with Crippen LogP contribution in [0.25, 0.3) is 0 Å². The van der Waals surface area contributed by atoms with Gasteiger partial charge in [0.25, 0.3) is 0 Å². The number of carboxylic acid groups (broad SMARTS) is 1. The number of carbonyl (C=O) groups is 1. The van der Waals surface area contributed by atoms with Crippen molar-refractivity contribution in [3.05, 3.63) is 119 Å². The molecule has 0 saturated carbocycles. The molecule has 5 rings (SSSR count). The van der Waals surface area contributed by atoms with Gasteiger partial charge in [-0.25, -0.2) is 0 Å². The standard InChI is InChI=1S/C37H41NO8/c1-42-31-13-5-26(6-14-31)36(41)24-30(23-35(39)40)38(25-36)21-22-46-37(27-7-15-32(43-2)16-8-27,28-9-17-33(44-3)18-10-28)29-11-19-34(45-4)20-12-29/h5-20,30,41H,21-25H2,1-4H3,(H,39,40)/t30-,36+/m0/s1. The molecule has 0 aromatic heterocycles. The van der Waals surface area contributed by atoms with Crippen LogP contribution in [0.15, 0.2) is 97.1 Å². The second-order valence-electron chi connectivity index (χ2n) is 11.4. The maximum Gasteiger partial charge on any atom is 0.304 e. The van der Waals surface area contributed by atoms with Gasteiger partial charge in [0, 0.05) is 19.1 Å². The van der Waals surface area contributed by atoms with Gasteiger partial charge < -0.3 is 33.9 Å². The van der Waals surface area contributed by atoms with Crippen molar-refractivity contribution in [1.29, 1.82) is 0 Å². The van der Waals surface area contributed by atoms with E-state index in [0.29, 0.717) is 29.5 Å². The van der Waals surface area contributed by atoms with Crippen LogP contribution in [0.3, 0.4) is 0 Å². The fourth-order valence-corrected chi connectivity index (χ4v) is 6.37. The SMILES string of the molecule is COc1ccc(C(OCCN2C[C@@](O)(c3ccc(OC)cc3)C[C@@H]2CC(=O)O)(c2ccc(OC)cc2)c2ccc(OC)cc2)cc1. The first kappa shape index (κ1) is 32.8. The van der Waals surface area contributed by atoms with Crippen molar-refractivity contribution < 1.29 is 38.7 Å². The molecule has 2 N–H and O–H groups in total. The lowest BCUT2D eigenvalue weighted by Crippen LogP contribution is -2.39. The van der Waals surface area contributed by atoms with Gasteiger partial charge in [0.1, 0.15) is 34.2 Å². The highest BCUT2D eigenvalue weighted by Gasteiger charge is 2.45. The number of carboxylic acids is 1. The number of aliphatic hydroxyl groups is 1. The van der Waals surface area contributed by atoms with Crippen LogP contribution in [-0.4, -0.2) is 75.3 Å². The Morgan fingerprint density at radius 3 is 1.48 bits per heavy atom. The Balaban J connectivity index is 1.51. The second kappa shape index (κ2) is 14.2. The number of nitrogens with zero attached hydrogens (tertiary/aromatic N) is 1. The van der Waals surface area contributed by atoms with Gasteiger partial charge in [-0.3, -0.25) is 9.69 Å². The summed E-state index contributed by atoms with van der Waals surface area (Å²) >= 11 is 0. The van der Waals surface area contributed by atoms with Crippen LogP contribution >= 0.6 is 0 Å². The molecule has 1 saturated heterocycles. The van der Waals surface area contributed by atoms with E-state index >= 15 is 0 Å². The number of methoxy groups -OCH3 is 4. The maximum atomic E-state index is 11.9. The van der Waals surface area contributed by atoms with Crippen LogP contribution in [0.4, 0.5) is 0 Å². The summed E-state index contributed by atoms with van der Waals surface area (Å²) in [6.45, 7) is 0.890. The van der Waals surface area contributed by atoms with Gasteiger partial charge in [-0.15, -0.1) is 0 Å². The molecule has 0 amide bonds. The van der Waals surface area contributed by atoms with Gasteiger partial charge in [0.05, 0.1) is 41.5 Å². The normalized spacial score (nSPS) is 18.2. The van der Waals surface area contributed by atoms with Crippen LogP contribution in [-0.2, 0) is 20.7 Å². The molecule has 0 radical (unpaired) electrons. The van der Waals surface area contributed by atoms with Crippen LogP contribution in [0.2, 0.25) is 0 Å². The number of hydrogen-bond acceptors (Lipinski definition) is 8. The number of ether oxygens (including phenoxy) is 5. The highest BCUT2D eigenvalue weighted by Crippen LogP contribution is 2.43. The molecule has 1 aliphatic rings. The predicted octanol–water partition coefficient (Wildman–Crippen LogP) is 5.47. The lowest BCUT2D eigenvalue weighted by atomic mass is 9.80. The molecular formula is C37H41NO8. The Kier molecular flexibility index (Phi) is 10.2. The molecule has 0 spiro atoms. The Bertz CT molecular complexity index is 1460. The fourth-order valence-electron chi connectivity index (χ4n) is 6.37. The highest BCUT2D eigenvalue weighted by molar-refractivity contribution is 5.67.